The number of amides is 2. The SMILES string of the molecule is CCC[C@@H]1NCCN(C(C)=O)C1=O. The number of piperazine rings is 1. The van der Waals surface area contributed by atoms with Gasteiger partial charge in [0, 0.05) is 20.0 Å². The molecule has 0 aromatic heterocycles. The van der Waals surface area contributed by atoms with Crippen molar-refractivity contribution in [1.82, 2.24) is 10.2 Å². The van der Waals surface area contributed by atoms with E-state index in [0.717, 1.165) is 19.4 Å². The smallest absolute Gasteiger partial charge is 0.246 e. The Hall–Kier alpha value is -0.900. The van der Waals surface area contributed by atoms with Crippen LogP contribution in [0.3, 0.4) is 0 Å². The van der Waals surface area contributed by atoms with E-state index in [-0.39, 0.29) is 17.9 Å². The molecule has 2 amide bonds. The van der Waals surface area contributed by atoms with Gasteiger partial charge >= 0.3 is 0 Å². The summed E-state index contributed by atoms with van der Waals surface area (Å²) in [6, 6.07) is -0.150. The number of carbonyl (C=O) groups is 2. The Morgan fingerprint density at radius 2 is 2.38 bits per heavy atom. The van der Waals surface area contributed by atoms with Crippen molar-refractivity contribution in [1.29, 1.82) is 0 Å². The molecule has 0 saturated carbocycles. The maximum atomic E-state index is 11.6. The van der Waals surface area contributed by atoms with Crippen molar-refractivity contribution in [3.8, 4) is 0 Å². The van der Waals surface area contributed by atoms with Crippen LogP contribution in [0.15, 0.2) is 0 Å². The number of hydrogen-bond acceptors (Lipinski definition) is 3. The van der Waals surface area contributed by atoms with Crippen molar-refractivity contribution in [2.45, 2.75) is 32.7 Å². The first-order valence-electron chi connectivity index (χ1n) is 4.72. The van der Waals surface area contributed by atoms with Crippen molar-refractivity contribution in [2.24, 2.45) is 0 Å². The van der Waals surface area contributed by atoms with Gasteiger partial charge in [-0.2, -0.15) is 0 Å². The largest absolute Gasteiger partial charge is 0.304 e. The highest BCUT2D eigenvalue weighted by atomic mass is 16.2. The summed E-state index contributed by atoms with van der Waals surface area (Å²) in [5.41, 5.74) is 0. The van der Waals surface area contributed by atoms with Crippen LogP contribution in [-0.2, 0) is 9.59 Å². The number of nitrogens with one attached hydrogen (secondary N) is 1. The lowest BCUT2D eigenvalue weighted by Gasteiger charge is -2.30. The van der Waals surface area contributed by atoms with Crippen molar-refractivity contribution in [3.63, 3.8) is 0 Å². The van der Waals surface area contributed by atoms with Crippen LogP contribution in [0.5, 0.6) is 0 Å². The normalized spacial score (nSPS) is 23.4. The Morgan fingerprint density at radius 3 is 2.92 bits per heavy atom. The Labute approximate surface area is 78.3 Å². The molecule has 0 spiro atoms. The first-order chi connectivity index (χ1) is 6.16. The standard InChI is InChI=1S/C9H16N2O2/c1-3-4-8-9(13)11(7(2)12)6-5-10-8/h8,10H,3-6H2,1-2H3/t8-/m0/s1. The summed E-state index contributed by atoms with van der Waals surface area (Å²) in [6.45, 7) is 4.69. The lowest BCUT2D eigenvalue weighted by Crippen LogP contribution is -2.56. The van der Waals surface area contributed by atoms with Gasteiger partial charge in [-0.1, -0.05) is 13.3 Å². The molecule has 0 aromatic rings. The van der Waals surface area contributed by atoms with Crippen LogP contribution >= 0.6 is 0 Å². The van der Waals surface area contributed by atoms with Gasteiger partial charge in [0.25, 0.3) is 0 Å². The average molecular weight is 184 g/mol. The predicted octanol–water partition coefficient (Wildman–Crippen LogP) is 0.133. The fraction of sp³-hybridized carbons (Fsp3) is 0.778. The summed E-state index contributed by atoms with van der Waals surface area (Å²) in [7, 11) is 0. The molecule has 1 atom stereocenters. The molecular formula is C9H16N2O2. The fourth-order valence-electron chi connectivity index (χ4n) is 1.56. The average Bonchev–Trinajstić information content (AvgIpc) is 2.08. The van der Waals surface area contributed by atoms with E-state index < -0.39 is 0 Å². The molecule has 13 heavy (non-hydrogen) atoms. The quantitative estimate of drug-likeness (QED) is 0.663. The maximum absolute atomic E-state index is 11.6. The van der Waals surface area contributed by atoms with Gasteiger partial charge < -0.3 is 5.32 Å². The monoisotopic (exact) mass is 184 g/mol. The zero-order valence-electron chi connectivity index (χ0n) is 8.17. The van der Waals surface area contributed by atoms with E-state index in [1.165, 1.54) is 11.8 Å². The predicted molar refractivity (Wildman–Crippen MR) is 49.1 cm³/mol. The van der Waals surface area contributed by atoms with E-state index in [4.69, 9.17) is 0 Å². The minimum atomic E-state index is -0.150. The van der Waals surface area contributed by atoms with Crippen LogP contribution in [0.2, 0.25) is 0 Å². The molecule has 1 aliphatic heterocycles. The third-order valence-corrected chi connectivity index (χ3v) is 2.25. The molecule has 0 aliphatic carbocycles. The molecule has 0 radical (unpaired) electrons. The summed E-state index contributed by atoms with van der Waals surface area (Å²) in [5.74, 6) is -0.215. The molecule has 4 heteroatoms. The summed E-state index contributed by atoms with van der Waals surface area (Å²) < 4.78 is 0. The van der Waals surface area contributed by atoms with Crippen LogP contribution in [0, 0.1) is 0 Å². The van der Waals surface area contributed by atoms with Gasteiger partial charge in [-0.3, -0.25) is 14.5 Å². The van der Waals surface area contributed by atoms with Crippen LogP contribution in [0.4, 0.5) is 0 Å². The summed E-state index contributed by atoms with van der Waals surface area (Å²) in [4.78, 5) is 24.0. The number of rotatable bonds is 2. The van der Waals surface area contributed by atoms with E-state index in [1.54, 1.807) is 0 Å². The second-order valence-corrected chi connectivity index (χ2v) is 3.30. The van der Waals surface area contributed by atoms with Gasteiger partial charge in [0.1, 0.15) is 0 Å². The number of nitrogens with zero attached hydrogens (tertiary/aromatic N) is 1. The molecule has 74 valence electrons. The molecule has 1 saturated heterocycles. The Morgan fingerprint density at radius 1 is 1.69 bits per heavy atom. The van der Waals surface area contributed by atoms with Gasteiger partial charge in [0.15, 0.2) is 0 Å². The molecule has 0 unspecified atom stereocenters. The maximum Gasteiger partial charge on any atom is 0.246 e. The Bertz CT molecular complexity index is 214. The first kappa shape index (κ1) is 10.2. The lowest BCUT2D eigenvalue weighted by molar-refractivity contribution is -0.146. The molecule has 1 heterocycles. The highest BCUT2D eigenvalue weighted by Crippen LogP contribution is 2.06. The van der Waals surface area contributed by atoms with Crippen LogP contribution in [0.1, 0.15) is 26.7 Å². The van der Waals surface area contributed by atoms with E-state index >= 15 is 0 Å². The number of carbonyl (C=O) groups excluding carboxylic acids is 2. The molecule has 1 aliphatic rings. The topological polar surface area (TPSA) is 49.4 Å². The van der Waals surface area contributed by atoms with Crippen LogP contribution in [0.25, 0.3) is 0 Å². The van der Waals surface area contributed by atoms with Gasteiger partial charge in [0.05, 0.1) is 6.04 Å². The highest BCUT2D eigenvalue weighted by molar-refractivity contribution is 5.97. The van der Waals surface area contributed by atoms with Gasteiger partial charge in [-0.15, -0.1) is 0 Å². The summed E-state index contributed by atoms with van der Waals surface area (Å²) >= 11 is 0. The molecule has 1 rings (SSSR count). The zero-order chi connectivity index (χ0) is 9.84. The van der Waals surface area contributed by atoms with Crippen LogP contribution in [-0.4, -0.2) is 35.8 Å². The minimum absolute atomic E-state index is 0.0689. The van der Waals surface area contributed by atoms with Gasteiger partial charge in [0.2, 0.25) is 11.8 Å². The van der Waals surface area contributed by atoms with Crippen LogP contribution < -0.4 is 5.32 Å². The molecular weight excluding hydrogens is 168 g/mol. The summed E-state index contributed by atoms with van der Waals surface area (Å²) in [6.07, 6.45) is 1.76. The van der Waals surface area contributed by atoms with E-state index in [0.29, 0.717) is 6.54 Å². The Balaban J connectivity index is 2.60. The minimum Gasteiger partial charge on any atom is -0.304 e. The molecule has 1 N–H and O–H groups in total. The number of hydrogen-bond donors (Lipinski definition) is 1. The molecule has 1 fully saturated rings. The molecule has 0 bridgehead atoms. The molecule has 0 aromatic carbocycles. The van der Waals surface area contributed by atoms with Crippen molar-refractivity contribution in [2.75, 3.05) is 13.1 Å². The van der Waals surface area contributed by atoms with E-state index in [9.17, 15) is 9.59 Å². The second-order valence-electron chi connectivity index (χ2n) is 3.30. The second kappa shape index (κ2) is 4.37. The molecule has 4 nitrogen and oxygen atoms in total. The van der Waals surface area contributed by atoms with Crippen molar-refractivity contribution in [3.05, 3.63) is 0 Å². The van der Waals surface area contributed by atoms with Crippen molar-refractivity contribution < 1.29 is 9.59 Å². The third-order valence-electron chi connectivity index (χ3n) is 2.25. The lowest BCUT2D eigenvalue weighted by atomic mass is 10.1. The third kappa shape index (κ3) is 2.28. The highest BCUT2D eigenvalue weighted by Gasteiger charge is 2.29. The fourth-order valence-corrected chi connectivity index (χ4v) is 1.56. The number of imide groups is 1. The Kier molecular flexibility index (Phi) is 3.42. The zero-order valence-corrected chi connectivity index (χ0v) is 8.17. The van der Waals surface area contributed by atoms with E-state index in [1.807, 2.05) is 6.92 Å². The van der Waals surface area contributed by atoms with Gasteiger partial charge in [-0.05, 0) is 6.42 Å². The van der Waals surface area contributed by atoms with Crippen molar-refractivity contribution >= 4 is 11.8 Å². The van der Waals surface area contributed by atoms with Gasteiger partial charge in [-0.25, -0.2) is 0 Å². The summed E-state index contributed by atoms with van der Waals surface area (Å²) in [5, 5.41) is 3.11. The van der Waals surface area contributed by atoms with E-state index in [2.05, 4.69) is 5.32 Å². The first-order valence-corrected chi connectivity index (χ1v) is 4.72.